The molecule has 0 aromatic carbocycles. The first-order valence-corrected chi connectivity index (χ1v) is 7.64. The Hall–Kier alpha value is -1.12. The lowest BCUT2D eigenvalue weighted by Crippen LogP contribution is -2.63. The second-order valence-corrected chi connectivity index (χ2v) is 6.42. The van der Waals surface area contributed by atoms with Gasteiger partial charge in [0.1, 0.15) is 12.4 Å². The van der Waals surface area contributed by atoms with Crippen LogP contribution in [0, 0.1) is 5.92 Å². The number of alkyl halides is 6. The van der Waals surface area contributed by atoms with E-state index in [1.165, 1.54) is 13.8 Å². The Morgan fingerprint density at radius 2 is 1.50 bits per heavy atom. The minimum Gasteiger partial charge on any atom is -0.436 e. The van der Waals surface area contributed by atoms with Crippen LogP contribution in [0.15, 0.2) is 0 Å². The van der Waals surface area contributed by atoms with E-state index in [-0.39, 0.29) is 0 Å². The number of aliphatic hydroxyl groups is 1. The summed E-state index contributed by atoms with van der Waals surface area (Å²) in [7, 11) is -5.85. The van der Waals surface area contributed by atoms with E-state index in [1.807, 2.05) is 0 Å². The van der Waals surface area contributed by atoms with Crippen LogP contribution in [0.3, 0.4) is 0 Å². The van der Waals surface area contributed by atoms with Crippen molar-refractivity contribution in [2.75, 3.05) is 12.4 Å². The lowest BCUT2D eigenvalue weighted by Gasteiger charge is -2.35. The number of hydrogen-bond donors (Lipinski definition) is 2. The van der Waals surface area contributed by atoms with Gasteiger partial charge in [-0.2, -0.15) is 34.8 Å². The van der Waals surface area contributed by atoms with Crippen molar-refractivity contribution in [1.29, 1.82) is 0 Å². The van der Waals surface area contributed by atoms with Gasteiger partial charge in [0, 0.05) is 5.92 Å². The molecule has 0 heterocycles. The minimum absolute atomic E-state index is 0.648. The van der Waals surface area contributed by atoms with E-state index >= 15 is 0 Å². The third-order valence-corrected chi connectivity index (χ3v) is 3.30. The number of esters is 1. The van der Waals surface area contributed by atoms with Crippen LogP contribution in [-0.2, 0) is 24.4 Å². The van der Waals surface area contributed by atoms with Gasteiger partial charge in [0.05, 0.1) is 0 Å². The van der Waals surface area contributed by atoms with Gasteiger partial charge < -0.3 is 14.6 Å². The molecule has 0 aliphatic carbocycles. The summed E-state index contributed by atoms with van der Waals surface area (Å²) in [5, 5.41) is 9.17. The largest absolute Gasteiger partial charge is 0.438 e. The Bertz CT molecular complexity index is 525. The van der Waals surface area contributed by atoms with Gasteiger partial charge >= 0.3 is 23.9 Å². The molecule has 0 aromatic heterocycles. The van der Waals surface area contributed by atoms with Gasteiger partial charge in [-0.15, -0.1) is 0 Å². The van der Waals surface area contributed by atoms with Crippen LogP contribution in [0.1, 0.15) is 13.8 Å². The number of rotatable bonds is 7. The van der Waals surface area contributed by atoms with Crippen molar-refractivity contribution >= 4 is 16.1 Å². The molecule has 2 N–H and O–H groups in total. The number of ether oxygens (including phenoxy) is 2. The Morgan fingerprint density at radius 1 is 1.08 bits per heavy atom. The van der Waals surface area contributed by atoms with E-state index in [4.69, 9.17) is 9.66 Å². The third kappa shape index (κ3) is 6.07. The lowest BCUT2D eigenvalue weighted by atomic mass is 10.1. The number of hydrogen-bond acceptors (Lipinski definition) is 6. The average Bonchev–Trinajstić information content (AvgIpc) is 2.30. The van der Waals surface area contributed by atoms with E-state index in [0.29, 0.717) is 0 Å². The summed E-state index contributed by atoms with van der Waals surface area (Å²) < 4.78 is 114. The molecule has 7 nitrogen and oxygen atoms in total. The zero-order valence-electron chi connectivity index (χ0n) is 12.2. The summed E-state index contributed by atoms with van der Waals surface area (Å²) in [5.41, 5.74) is -5.49. The molecule has 0 fully saturated rings. The van der Waals surface area contributed by atoms with Gasteiger partial charge in [0.25, 0.3) is 10.1 Å². The molecular formula is C10H14F6O7S. The Kier molecular flexibility index (Phi) is 7.06. The molecule has 0 amide bonds. The van der Waals surface area contributed by atoms with Gasteiger partial charge in [0.2, 0.25) is 0 Å². The molecule has 0 saturated carbocycles. The van der Waals surface area contributed by atoms with Gasteiger partial charge in [-0.05, 0) is 0 Å². The highest BCUT2D eigenvalue weighted by atomic mass is 32.2. The molecule has 0 aliphatic rings. The average molecular weight is 392 g/mol. The number of carbonyl (C=O) groups excluding carboxylic acids is 1. The van der Waals surface area contributed by atoms with Crippen LogP contribution >= 0.6 is 0 Å². The summed E-state index contributed by atoms with van der Waals surface area (Å²) in [4.78, 5) is 11.2. The highest BCUT2D eigenvalue weighted by molar-refractivity contribution is 7.85. The molecule has 0 bridgehead atoms. The first kappa shape index (κ1) is 22.9. The zero-order chi connectivity index (χ0) is 19.6. The SMILES string of the molecule is CC(C)[C@H](O)OCC(=O)OC(CS(=O)(=O)O)(C(F)(F)F)C(F)(F)F. The second-order valence-electron chi connectivity index (χ2n) is 4.97. The van der Waals surface area contributed by atoms with Crippen LogP contribution in [0.5, 0.6) is 0 Å². The first-order chi connectivity index (χ1) is 10.4. The van der Waals surface area contributed by atoms with Crippen molar-refractivity contribution in [2.24, 2.45) is 5.92 Å². The maximum absolute atomic E-state index is 12.8. The van der Waals surface area contributed by atoms with Gasteiger partial charge in [-0.1, -0.05) is 13.8 Å². The molecule has 0 rings (SSSR count). The molecule has 24 heavy (non-hydrogen) atoms. The summed E-state index contributed by atoms with van der Waals surface area (Å²) in [6.07, 6.45) is -14.5. The van der Waals surface area contributed by atoms with E-state index in [1.54, 1.807) is 0 Å². The molecule has 0 aliphatic heterocycles. The Morgan fingerprint density at radius 3 is 1.79 bits per heavy atom. The highest BCUT2D eigenvalue weighted by Gasteiger charge is 2.75. The Labute approximate surface area is 132 Å². The van der Waals surface area contributed by atoms with Crippen molar-refractivity contribution in [1.82, 2.24) is 0 Å². The minimum atomic E-state index is -6.41. The predicted molar refractivity (Wildman–Crippen MR) is 64.1 cm³/mol. The molecule has 0 aromatic rings. The zero-order valence-corrected chi connectivity index (χ0v) is 13.0. The van der Waals surface area contributed by atoms with Gasteiger partial charge in [-0.3, -0.25) is 4.55 Å². The molecular weight excluding hydrogens is 378 g/mol. The van der Waals surface area contributed by atoms with Crippen molar-refractivity contribution in [3.63, 3.8) is 0 Å². The summed E-state index contributed by atoms with van der Waals surface area (Å²) in [5.74, 6) is -5.87. The lowest BCUT2D eigenvalue weighted by molar-refractivity contribution is -0.362. The molecule has 0 radical (unpaired) electrons. The van der Waals surface area contributed by atoms with Crippen LogP contribution < -0.4 is 0 Å². The highest BCUT2D eigenvalue weighted by Crippen LogP contribution is 2.46. The fourth-order valence-electron chi connectivity index (χ4n) is 1.30. The fourth-order valence-corrected chi connectivity index (χ4v) is 2.20. The quantitative estimate of drug-likeness (QED) is 0.291. The van der Waals surface area contributed by atoms with E-state index in [0.717, 1.165) is 0 Å². The van der Waals surface area contributed by atoms with Crippen molar-refractivity contribution in [3.8, 4) is 0 Å². The molecule has 0 unspecified atom stereocenters. The summed E-state index contributed by atoms with van der Waals surface area (Å²) >= 11 is 0. The van der Waals surface area contributed by atoms with Crippen LogP contribution in [0.4, 0.5) is 26.3 Å². The van der Waals surface area contributed by atoms with Crippen molar-refractivity contribution in [2.45, 2.75) is 38.1 Å². The normalized spacial score (nSPS) is 15.5. The molecule has 0 spiro atoms. The molecule has 144 valence electrons. The van der Waals surface area contributed by atoms with Crippen LogP contribution in [0.2, 0.25) is 0 Å². The monoisotopic (exact) mass is 392 g/mol. The van der Waals surface area contributed by atoms with E-state index in [2.05, 4.69) is 9.47 Å². The topological polar surface area (TPSA) is 110 Å². The van der Waals surface area contributed by atoms with Gasteiger partial charge in [-0.25, -0.2) is 4.79 Å². The number of carbonyl (C=O) groups is 1. The number of halogens is 6. The van der Waals surface area contributed by atoms with E-state index < -0.39 is 58.6 Å². The maximum atomic E-state index is 12.8. The summed E-state index contributed by atoms with van der Waals surface area (Å²) in [6.45, 7) is 1.22. The molecule has 0 saturated heterocycles. The molecule has 14 heteroatoms. The summed E-state index contributed by atoms with van der Waals surface area (Å²) in [6, 6.07) is 0. The number of aliphatic hydroxyl groups excluding tert-OH is 1. The molecule has 1 atom stereocenters. The van der Waals surface area contributed by atoms with Crippen molar-refractivity contribution in [3.05, 3.63) is 0 Å². The standard InChI is InChI=1S/C10H14F6O7S/c1-5(2)7(18)22-3-6(17)23-8(9(11,12)13,10(14,15)16)4-24(19,20)21/h5,7,18H,3-4H2,1-2H3,(H,19,20,21)/t7-/m1/s1. The van der Waals surface area contributed by atoms with Crippen molar-refractivity contribution < 1.29 is 58.7 Å². The fraction of sp³-hybridized carbons (Fsp3) is 0.900. The van der Waals surface area contributed by atoms with Crippen LogP contribution in [-0.4, -0.2) is 60.6 Å². The Balaban J connectivity index is 5.61. The maximum Gasteiger partial charge on any atom is 0.438 e. The smallest absolute Gasteiger partial charge is 0.436 e. The third-order valence-electron chi connectivity index (χ3n) is 2.53. The first-order valence-electron chi connectivity index (χ1n) is 6.03. The van der Waals surface area contributed by atoms with E-state index in [9.17, 15) is 39.6 Å². The predicted octanol–water partition coefficient (Wildman–Crippen LogP) is 1.27. The second kappa shape index (κ2) is 7.41. The van der Waals surface area contributed by atoms with Gasteiger partial charge in [0.15, 0.2) is 6.29 Å². The van der Waals surface area contributed by atoms with Crippen LogP contribution in [0.25, 0.3) is 0 Å².